The van der Waals surface area contributed by atoms with E-state index in [4.69, 9.17) is 33.8 Å². The standard InChI is InChI=1S/C47H44N4O9.C3H8/c1-4-31-11-5-7-13-39(31)50-28-49-38-24-44(41(56-2)21-35(38)46(50)54)60-27-30-17-29(18-34(19-30)58-16-10-9-15-45(52)53)26-59-43-23-37-36(22-42(43)57-3)47(55)51-33(25-48-37)20-32-12-6-8-14-40(32)51;1-3-2/h5-8,11-14,17-19,21-25,28,33H,4,9-10,15-16,20,26-27H2,1-3H3,(H,52,53);3H2,1-2H3/t33-;/m0./s1. The molecule has 63 heavy (non-hydrogen) atoms. The Morgan fingerprint density at radius 3 is 2.14 bits per heavy atom. The maximum Gasteiger partial charge on any atom is 0.303 e. The lowest BCUT2D eigenvalue weighted by atomic mass is 10.1. The molecule has 1 atom stereocenters. The first-order chi connectivity index (χ1) is 30.7. The molecule has 0 fully saturated rings. The van der Waals surface area contributed by atoms with Crippen LogP contribution >= 0.6 is 0 Å². The second-order valence-electron chi connectivity index (χ2n) is 15.3. The molecule has 0 unspecified atom stereocenters. The van der Waals surface area contributed by atoms with Crippen molar-refractivity contribution in [3.05, 3.63) is 135 Å². The Morgan fingerprint density at radius 1 is 0.778 bits per heavy atom. The number of ether oxygens (including phenoxy) is 5. The summed E-state index contributed by atoms with van der Waals surface area (Å²) in [5.74, 6) is 1.11. The number of unbranched alkanes of at least 4 members (excludes halogenated alkanes) is 1. The third kappa shape index (κ3) is 9.83. The molecule has 3 heterocycles. The minimum absolute atomic E-state index is 0.0584. The molecule has 0 saturated carbocycles. The lowest BCUT2D eigenvalue weighted by Gasteiger charge is -2.22. The average molecular weight is 853 g/mol. The molecule has 0 bridgehead atoms. The van der Waals surface area contributed by atoms with Crippen LogP contribution in [0.1, 0.15) is 79.1 Å². The first-order valence-corrected chi connectivity index (χ1v) is 21.2. The first kappa shape index (κ1) is 43.9. The van der Waals surface area contributed by atoms with Gasteiger partial charge in [-0.3, -0.25) is 28.8 Å². The molecule has 0 aliphatic carbocycles. The van der Waals surface area contributed by atoms with Gasteiger partial charge in [0.2, 0.25) is 0 Å². The average Bonchev–Trinajstić information content (AvgIpc) is 3.61. The molecular weight excluding hydrogens is 801 g/mol. The lowest BCUT2D eigenvalue weighted by Crippen LogP contribution is -2.37. The van der Waals surface area contributed by atoms with Crippen molar-refractivity contribution in [1.29, 1.82) is 0 Å². The molecule has 13 heteroatoms. The number of benzene rings is 5. The Bertz CT molecular complexity index is 2710. The van der Waals surface area contributed by atoms with Crippen molar-refractivity contribution in [2.75, 3.05) is 25.7 Å². The predicted molar refractivity (Wildman–Crippen MR) is 243 cm³/mol. The number of anilines is 1. The maximum absolute atomic E-state index is 13.9. The van der Waals surface area contributed by atoms with Crippen molar-refractivity contribution >= 4 is 40.4 Å². The molecule has 0 radical (unpaired) electrons. The summed E-state index contributed by atoms with van der Waals surface area (Å²) >= 11 is 0. The number of para-hydroxylation sites is 2. The fraction of sp³-hybridized carbons (Fsp3) is 0.300. The molecule has 1 N–H and O–H groups in total. The minimum atomic E-state index is -0.852. The molecule has 2 aliphatic heterocycles. The van der Waals surface area contributed by atoms with E-state index in [1.54, 1.807) is 33.7 Å². The Balaban J connectivity index is 0.00000193. The van der Waals surface area contributed by atoms with Crippen molar-refractivity contribution in [2.24, 2.45) is 4.99 Å². The van der Waals surface area contributed by atoms with Crippen LogP contribution in [0.15, 0.2) is 107 Å². The Hall–Kier alpha value is -7.15. The zero-order chi connectivity index (χ0) is 44.5. The molecule has 8 rings (SSSR count). The predicted octanol–water partition coefficient (Wildman–Crippen LogP) is 9.46. The molecule has 13 nitrogen and oxygen atoms in total. The van der Waals surface area contributed by atoms with Crippen molar-refractivity contribution in [3.8, 4) is 34.4 Å². The number of aryl methyl sites for hydroxylation is 1. The second kappa shape index (κ2) is 20.1. The van der Waals surface area contributed by atoms with E-state index in [1.807, 2.05) is 79.9 Å². The van der Waals surface area contributed by atoms with Gasteiger partial charge < -0.3 is 28.8 Å². The number of aliphatic carboxylic acids is 1. The van der Waals surface area contributed by atoms with Crippen LogP contribution in [0.2, 0.25) is 0 Å². The van der Waals surface area contributed by atoms with E-state index in [9.17, 15) is 14.4 Å². The van der Waals surface area contributed by atoms with Crippen LogP contribution < -0.4 is 34.1 Å². The number of hydrogen-bond donors (Lipinski definition) is 1. The number of fused-ring (bicyclic) bond motifs is 5. The molecule has 1 amide bonds. The van der Waals surface area contributed by atoms with Crippen LogP contribution in [0.4, 0.5) is 11.4 Å². The number of carbonyl (C=O) groups is 2. The number of carboxylic acid groups (broad SMARTS) is 1. The molecular formula is C50H52N4O9. The third-order valence-electron chi connectivity index (χ3n) is 10.7. The van der Waals surface area contributed by atoms with Gasteiger partial charge in [0.1, 0.15) is 25.3 Å². The zero-order valence-electron chi connectivity index (χ0n) is 36.3. The Kier molecular flexibility index (Phi) is 14.0. The summed E-state index contributed by atoms with van der Waals surface area (Å²) < 4.78 is 31.7. The summed E-state index contributed by atoms with van der Waals surface area (Å²) in [5, 5.41) is 9.45. The molecule has 0 saturated heterocycles. The summed E-state index contributed by atoms with van der Waals surface area (Å²) in [6.45, 7) is 6.82. The highest BCUT2D eigenvalue weighted by Gasteiger charge is 2.36. The summed E-state index contributed by atoms with van der Waals surface area (Å²) in [7, 11) is 3.04. The number of aromatic nitrogens is 2. The van der Waals surface area contributed by atoms with Gasteiger partial charge in [0, 0.05) is 36.9 Å². The van der Waals surface area contributed by atoms with Crippen LogP contribution in [-0.4, -0.2) is 59.6 Å². The number of carbonyl (C=O) groups excluding carboxylic acids is 1. The highest BCUT2D eigenvalue weighted by molar-refractivity contribution is 6.14. The fourth-order valence-corrected chi connectivity index (χ4v) is 7.68. The number of carboxylic acids is 1. The molecule has 326 valence electrons. The second-order valence-corrected chi connectivity index (χ2v) is 15.3. The van der Waals surface area contributed by atoms with E-state index in [1.165, 1.54) is 27.0 Å². The van der Waals surface area contributed by atoms with E-state index < -0.39 is 5.97 Å². The third-order valence-corrected chi connectivity index (χ3v) is 10.7. The highest BCUT2D eigenvalue weighted by Crippen LogP contribution is 2.41. The number of rotatable bonds is 16. The summed E-state index contributed by atoms with van der Waals surface area (Å²) in [4.78, 5) is 49.8. The van der Waals surface area contributed by atoms with E-state index >= 15 is 0 Å². The highest BCUT2D eigenvalue weighted by atomic mass is 16.5. The van der Waals surface area contributed by atoms with Crippen LogP contribution in [0, 0.1) is 0 Å². The van der Waals surface area contributed by atoms with Crippen LogP contribution in [0.3, 0.4) is 0 Å². The topological polar surface area (TPSA) is 151 Å². The van der Waals surface area contributed by atoms with Crippen LogP contribution in [0.5, 0.6) is 28.7 Å². The number of amides is 1. The van der Waals surface area contributed by atoms with Crippen molar-refractivity contribution in [2.45, 2.75) is 78.6 Å². The number of aliphatic imine (C=N–C) groups is 1. The van der Waals surface area contributed by atoms with Gasteiger partial charge in [-0.1, -0.05) is 63.6 Å². The quantitative estimate of drug-likeness (QED) is 0.0933. The number of hydrogen-bond acceptors (Lipinski definition) is 10. The summed E-state index contributed by atoms with van der Waals surface area (Å²) in [6, 6.07) is 27.8. The van der Waals surface area contributed by atoms with Gasteiger partial charge >= 0.3 is 5.97 Å². The molecule has 0 spiro atoms. The molecule has 5 aromatic carbocycles. The SMILES string of the molecule is CCC.CCc1ccccc1-n1cnc2cc(OCc3cc(COc4cc5c(cc4OC)C(=O)N4c6ccccc6C[C@H]4C=N5)cc(OCCCCC(=O)O)c3)c(OC)cc2c1=O. The maximum atomic E-state index is 13.9. The van der Waals surface area contributed by atoms with E-state index in [2.05, 4.69) is 18.8 Å². The Labute approximate surface area is 366 Å². The van der Waals surface area contributed by atoms with Crippen LogP contribution in [0.25, 0.3) is 16.6 Å². The number of nitrogens with zero attached hydrogens (tertiary/aromatic N) is 4. The fourth-order valence-electron chi connectivity index (χ4n) is 7.68. The monoisotopic (exact) mass is 852 g/mol. The van der Waals surface area contributed by atoms with Gasteiger partial charge in [0.25, 0.3) is 11.5 Å². The largest absolute Gasteiger partial charge is 0.494 e. The van der Waals surface area contributed by atoms with Crippen LogP contribution in [-0.2, 0) is 30.8 Å². The summed E-state index contributed by atoms with van der Waals surface area (Å²) in [6.07, 6.45) is 7.13. The van der Waals surface area contributed by atoms with Gasteiger partial charge in [-0.25, -0.2) is 4.98 Å². The lowest BCUT2D eigenvalue weighted by molar-refractivity contribution is -0.137. The van der Waals surface area contributed by atoms with Gasteiger partial charge in [-0.2, -0.15) is 0 Å². The minimum Gasteiger partial charge on any atom is -0.494 e. The van der Waals surface area contributed by atoms with Crippen molar-refractivity contribution in [3.63, 3.8) is 0 Å². The van der Waals surface area contributed by atoms with E-state index in [0.717, 1.165) is 40.0 Å². The molecule has 1 aromatic heterocycles. The number of methoxy groups -OCH3 is 2. The van der Waals surface area contributed by atoms with Gasteiger partial charge in [0.15, 0.2) is 23.0 Å². The Morgan fingerprint density at radius 2 is 1.44 bits per heavy atom. The van der Waals surface area contributed by atoms with Crippen molar-refractivity contribution in [1.82, 2.24) is 9.55 Å². The van der Waals surface area contributed by atoms with Crippen molar-refractivity contribution < 1.29 is 38.4 Å². The van der Waals surface area contributed by atoms with E-state index in [-0.39, 0.29) is 37.1 Å². The smallest absolute Gasteiger partial charge is 0.303 e. The summed E-state index contributed by atoms with van der Waals surface area (Å²) in [5.41, 5.74) is 6.43. The van der Waals surface area contributed by atoms with E-state index in [0.29, 0.717) is 76.8 Å². The van der Waals surface area contributed by atoms with Gasteiger partial charge in [-0.05, 0) is 84.0 Å². The zero-order valence-corrected chi connectivity index (χ0v) is 36.3. The molecule has 2 aliphatic rings. The van der Waals surface area contributed by atoms with Gasteiger partial charge in [0.05, 0.1) is 54.7 Å². The molecule has 6 aromatic rings. The normalized spacial score (nSPS) is 13.6. The first-order valence-electron chi connectivity index (χ1n) is 21.2. The van der Waals surface area contributed by atoms with Gasteiger partial charge in [-0.15, -0.1) is 0 Å².